The van der Waals surface area contributed by atoms with Crippen LogP contribution in [0.2, 0.25) is 0 Å². The maximum Gasteiger partial charge on any atom is 0.255 e. The van der Waals surface area contributed by atoms with E-state index in [1.807, 2.05) is 42.2 Å². The monoisotopic (exact) mass is 757 g/mol. The van der Waals surface area contributed by atoms with Gasteiger partial charge < -0.3 is 14.8 Å². The SMILES string of the molecule is C[C@@H]1Cc2c([nH]c3ccccc23)[C@@H](c2c(F)cc(N3CCCN(CCN4Cc5cc6c(cc5C4)C(=O)N(C4CCC(=O)NC4=O)C6)C3)cc2F)N1CC(F)F. The highest BCUT2D eigenvalue weighted by atomic mass is 19.3. The fraction of sp³-hybridized carbons (Fsp3) is 0.439. The number of rotatable bonds is 8. The zero-order valence-corrected chi connectivity index (χ0v) is 30.6. The predicted molar refractivity (Wildman–Crippen MR) is 197 cm³/mol. The summed E-state index contributed by atoms with van der Waals surface area (Å²) in [6.07, 6.45) is -0.823. The molecule has 5 aliphatic rings. The largest absolute Gasteiger partial charge is 0.358 e. The van der Waals surface area contributed by atoms with Gasteiger partial charge >= 0.3 is 0 Å². The fourth-order valence-electron chi connectivity index (χ4n) is 9.52. The minimum Gasteiger partial charge on any atom is -0.358 e. The van der Waals surface area contributed by atoms with Crippen molar-refractivity contribution in [3.8, 4) is 0 Å². The van der Waals surface area contributed by atoms with Gasteiger partial charge in [0.05, 0.1) is 19.3 Å². The van der Waals surface area contributed by atoms with E-state index in [9.17, 15) is 23.2 Å². The van der Waals surface area contributed by atoms with Crippen LogP contribution in [0.4, 0.5) is 23.2 Å². The number of hydrogen-bond donors (Lipinski definition) is 2. The molecule has 55 heavy (non-hydrogen) atoms. The molecule has 6 heterocycles. The normalized spacial score (nSPS) is 23.5. The summed E-state index contributed by atoms with van der Waals surface area (Å²) in [5.41, 5.74) is 6.23. The van der Waals surface area contributed by atoms with Gasteiger partial charge in [-0.2, -0.15) is 0 Å². The number of carbonyl (C=O) groups excluding carboxylic acids is 3. The number of hydrogen-bond acceptors (Lipinski definition) is 7. The molecule has 0 saturated carbocycles. The number of nitrogens with zero attached hydrogens (tertiary/aromatic N) is 5. The Balaban J connectivity index is 0.871. The number of para-hydroxylation sites is 1. The van der Waals surface area contributed by atoms with Crippen LogP contribution in [0.25, 0.3) is 10.9 Å². The van der Waals surface area contributed by atoms with E-state index in [1.165, 1.54) is 17.0 Å². The first-order valence-electron chi connectivity index (χ1n) is 19.1. The number of nitrogens with one attached hydrogen (secondary N) is 2. The van der Waals surface area contributed by atoms with Gasteiger partial charge in [-0.25, -0.2) is 17.6 Å². The molecule has 4 aromatic rings. The fourth-order valence-corrected chi connectivity index (χ4v) is 9.52. The number of piperidine rings is 1. The first kappa shape index (κ1) is 35.9. The molecule has 1 unspecified atom stereocenters. The molecule has 3 aromatic carbocycles. The lowest BCUT2D eigenvalue weighted by Gasteiger charge is -2.41. The van der Waals surface area contributed by atoms with Crippen molar-refractivity contribution < 1.29 is 31.9 Å². The Labute approximate surface area is 316 Å². The number of aromatic nitrogens is 1. The molecular weight excluding hydrogens is 714 g/mol. The predicted octanol–water partition coefficient (Wildman–Crippen LogP) is 5.29. The number of imide groups is 1. The van der Waals surface area contributed by atoms with Crippen LogP contribution in [0.1, 0.15) is 76.1 Å². The van der Waals surface area contributed by atoms with Crippen molar-refractivity contribution in [3.63, 3.8) is 0 Å². The Bertz CT molecular complexity index is 2190. The molecule has 1 aromatic heterocycles. The average Bonchev–Trinajstić information content (AvgIpc) is 3.83. The molecule has 2 fully saturated rings. The topological polar surface area (TPSA) is 95.2 Å². The van der Waals surface area contributed by atoms with Gasteiger partial charge in [-0.15, -0.1) is 0 Å². The first-order valence-corrected chi connectivity index (χ1v) is 19.1. The minimum atomic E-state index is -2.67. The van der Waals surface area contributed by atoms with Crippen LogP contribution >= 0.6 is 0 Å². The average molecular weight is 758 g/mol. The van der Waals surface area contributed by atoms with Crippen LogP contribution in [-0.4, -0.2) is 100 Å². The Kier molecular flexibility index (Phi) is 9.17. The van der Waals surface area contributed by atoms with Gasteiger partial charge in [0, 0.05) is 91.7 Å². The maximum absolute atomic E-state index is 16.3. The summed E-state index contributed by atoms with van der Waals surface area (Å²) in [6.45, 7) is 6.44. The van der Waals surface area contributed by atoms with Gasteiger partial charge in [0.1, 0.15) is 17.7 Å². The first-order chi connectivity index (χ1) is 26.5. The molecule has 0 aliphatic carbocycles. The maximum atomic E-state index is 16.3. The van der Waals surface area contributed by atoms with Crippen molar-refractivity contribution >= 4 is 34.3 Å². The highest BCUT2D eigenvalue weighted by molar-refractivity contribution is 6.05. The zero-order valence-electron chi connectivity index (χ0n) is 30.6. The van der Waals surface area contributed by atoms with E-state index < -0.39 is 42.6 Å². The second-order valence-electron chi connectivity index (χ2n) is 15.7. The van der Waals surface area contributed by atoms with Gasteiger partial charge in [-0.3, -0.25) is 34.4 Å². The van der Waals surface area contributed by atoms with Crippen molar-refractivity contribution in [1.82, 2.24) is 29.9 Å². The second-order valence-corrected chi connectivity index (χ2v) is 15.7. The molecule has 0 bridgehead atoms. The van der Waals surface area contributed by atoms with Gasteiger partial charge in [0.25, 0.3) is 12.3 Å². The lowest BCUT2D eigenvalue weighted by Crippen LogP contribution is -2.52. The highest BCUT2D eigenvalue weighted by Gasteiger charge is 2.42. The van der Waals surface area contributed by atoms with Crippen molar-refractivity contribution in [2.24, 2.45) is 0 Å². The third kappa shape index (κ3) is 6.47. The molecule has 10 nitrogen and oxygen atoms in total. The third-order valence-electron chi connectivity index (χ3n) is 12.2. The molecule has 5 aliphatic heterocycles. The molecule has 288 valence electrons. The molecule has 0 spiro atoms. The van der Waals surface area contributed by atoms with Crippen molar-refractivity contribution in [2.75, 3.05) is 44.3 Å². The van der Waals surface area contributed by atoms with Crippen LogP contribution in [0.3, 0.4) is 0 Å². The van der Waals surface area contributed by atoms with Gasteiger partial charge in [0.2, 0.25) is 11.8 Å². The van der Waals surface area contributed by atoms with E-state index in [0.29, 0.717) is 56.1 Å². The van der Waals surface area contributed by atoms with Gasteiger partial charge in [-0.1, -0.05) is 24.3 Å². The molecule has 2 saturated heterocycles. The van der Waals surface area contributed by atoms with Crippen LogP contribution in [0.15, 0.2) is 48.5 Å². The lowest BCUT2D eigenvalue weighted by atomic mass is 9.88. The molecule has 3 amide bonds. The molecule has 0 radical (unpaired) electrons. The number of anilines is 1. The van der Waals surface area contributed by atoms with Crippen molar-refractivity contribution in [1.29, 1.82) is 0 Å². The smallest absolute Gasteiger partial charge is 0.255 e. The Morgan fingerprint density at radius 3 is 2.40 bits per heavy atom. The van der Waals surface area contributed by atoms with E-state index in [2.05, 4.69) is 26.2 Å². The van der Waals surface area contributed by atoms with E-state index >= 15 is 8.78 Å². The molecule has 9 rings (SSSR count). The second kappa shape index (κ2) is 14.1. The van der Waals surface area contributed by atoms with Crippen molar-refractivity contribution in [2.45, 2.75) is 76.8 Å². The third-order valence-corrected chi connectivity index (χ3v) is 12.2. The van der Waals surface area contributed by atoms with Crippen LogP contribution < -0.4 is 10.2 Å². The summed E-state index contributed by atoms with van der Waals surface area (Å²) in [6, 6.07) is 12.3. The standard InChI is InChI=1S/C41H43F4N7O3/c1-23-13-30-28-5-2-3-6-33(28)46-38(30)39(51(23)21-35(44)45)37-31(42)16-27(17-32(37)43)50-10-4-9-48(22-50)11-12-49-18-24-14-26-20-52(34-7-8-36(53)47-40(34)54)41(55)29(26)15-25(24)19-49/h2-3,5-6,14-17,23,34-35,39,46H,4,7-13,18-22H2,1H3,(H,47,53,54)/t23-,34?,39-/m1/s1. The Hall–Kier alpha value is -4.79. The Morgan fingerprint density at radius 2 is 1.64 bits per heavy atom. The van der Waals surface area contributed by atoms with E-state index in [0.717, 1.165) is 65.8 Å². The summed E-state index contributed by atoms with van der Waals surface area (Å²) >= 11 is 0. The number of H-pyrrole nitrogens is 1. The molecule has 2 N–H and O–H groups in total. The lowest BCUT2D eigenvalue weighted by molar-refractivity contribution is -0.136. The number of amides is 3. The number of benzene rings is 3. The summed E-state index contributed by atoms with van der Waals surface area (Å²) in [4.78, 5) is 50.4. The number of carbonyl (C=O) groups is 3. The summed E-state index contributed by atoms with van der Waals surface area (Å²) < 4.78 is 60.4. The summed E-state index contributed by atoms with van der Waals surface area (Å²) in [5, 5.41) is 3.29. The number of alkyl halides is 2. The minimum absolute atomic E-state index is 0.179. The number of fused-ring (bicyclic) bond motifs is 5. The van der Waals surface area contributed by atoms with Gasteiger partial charge in [0.15, 0.2) is 0 Å². The number of aromatic amines is 1. The molecular formula is C41H43F4N7O3. The van der Waals surface area contributed by atoms with E-state index in [1.54, 1.807) is 4.90 Å². The van der Waals surface area contributed by atoms with Crippen LogP contribution in [-0.2, 0) is 35.6 Å². The highest BCUT2D eigenvalue weighted by Crippen LogP contribution is 2.43. The van der Waals surface area contributed by atoms with E-state index in [-0.39, 0.29) is 29.8 Å². The zero-order chi connectivity index (χ0) is 38.1. The Morgan fingerprint density at radius 1 is 0.891 bits per heavy atom. The van der Waals surface area contributed by atoms with Crippen LogP contribution in [0, 0.1) is 11.6 Å². The number of halogens is 4. The summed E-state index contributed by atoms with van der Waals surface area (Å²) in [5.74, 6) is -2.42. The van der Waals surface area contributed by atoms with Crippen LogP contribution in [0.5, 0.6) is 0 Å². The molecule has 14 heteroatoms. The van der Waals surface area contributed by atoms with Gasteiger partial charge in [-0.05, 0) is 72.7 Å². The van der Waals surface area contributed by atoms with Crippen molar-refractivity contribution in [3.05, 3.63) is 99.2 Å². The quantitative estimate of drug-likeness (QED) is 0.186. The summed E-state index contributed by atoms with van der Waals surface area (Å²) in [7, 11) is 0. The van der Waals surface area contributed by atoms with E-state index in [4.69, 9.17) is 0 Å². The molecule has 3 atom stereocenters.